The molecule has 1 aromatic heterocycles. The van der Waals surface area contributed by atoms with Crippen molar-refractivity contribution in [3.63, 3.8) is 0 Å². The Balaban J connectivity index is 2.13. The van der Waals surface area contributed by atoms with Crippen LogP contribution in [0.1, 0.15) is 27.3 Å². The van der Waals surface area contributed by atoms with Crippen molar-refractivity contribution >= 4 is 11.7 Å². The lowest BCUT2D eigenvalue weighted by Gasteiger charge is -2.10. The van der Waals surface area contributed by atoms with Gasteiger partial charge in [0.2, 0.25) is 0 Å². The first kappa shape index (κ1) is 17.4. The molecule has 0 spiro atoms. The van der Waals surface area contributed by atoms with Crippen LogP contribution >= 0.6 is 0 Å². The maximum atomic E-state index is 13.1. The van der Waals surface area contributed by atoms with Gasteiger partial charge >= 0.3 is 5.97 Å². The largest absolute Gasteiger partial charge is 0.477 e. The number of hydrogen-bond acceptors (Lipinski definition) is 1. The first-order valence-corrected chi connectivity index (χ1v) is 8.07. The number of benzene rings is 2. The molecule has 5 heteroatoms. The molecule has 0 unspecified atom stereocenters. The van der Waals surface area contributed by atoms with E-state index in [1.54, 1.807) is 35.8 Å². The number of carboxylic acid groups (broad SMARTS) is 1. The number of halogens is 1. The molecule has 3 aromatic rings. The zero-order valence-electron chi connectivity index (χ0n) is 14.5. The average Bonchev–Trinajstić information content (AvgIpc) is 2.87. The molecule has 0 bridgehead atoms. The van der Waals surface area contributed by atoms with Gasteiger partial charge in [0.1, 0.15) is 11.5 Å². The highest BCUT2D eigenvalue weighted by Crippen LogP contribution is 2.33. The summed E-state index contributed by atoms with van der Waals surface area (Å²) in [4.78, 5) is 15.2. The highest BCUT2D eigenvalue weighted by molar-refractivity contribution is 5.92. The Morgan fingerprint density at radius 1 is 1.12 bits per heavy atom. The van der Waals surface area contributed by atoms with E-state index in [0.29, 0.717) is 17.8 Å². The quantitative estimate of drug-likeness (QED) is 0.658. The van der Waals surface area contributed by atoms with Crippen molar-refractivity contribution in [1.29, 1.82) is 0 Å². The zero-order chi connectivity index (χ0) is 18.8. The lowest BCUT2D eigenvalue weighted by Crippen LogP contribution is -2.11. The Kier molecular flexibility index (Phi) is 4.59. The van der Waals surface area contributed by atoms with Crippen molar-refractivity contribution in [1.82, 2.24) is 4.57 Å². The third-order valence-electron chi connectivity index (χ3n) is 4.51. The molecule has 3 rings (SSSR count). The molecule has 0 fully saturated rings. The number of nitrogens with zero attached hydrogens (tertiary/aromatic N) is 2. The van der Waals surface area contributed by atoms with Crippen molar-refractivity contribution in [2.75, 3.05) is 0 Å². The SMILES string of the molecule is [C-]#[N+]c1ccc(-c2c(C)c(C(=O)O)n(Cc3ccc(F)cc3)c2C)cc1. The Morgan fingerprint density at radius 3 is 2.27 bits per heavy atom. The van der Waals surface area contributed by atoms with Gasteiger partial charge in [-0.3, -0.25) is 0 Å². The predicted octanol–water partition coefficient (Wildman–Crippen LogP) is 5.21. The van der Waals surface area contributed by atoms with E-state index in [2.05, 4.69) is 4.85 Å². The molecule has 1 heterocycles. The summed E-state index contributed by atoms with van der Waals surface area (Å²) in [6, 6.07) is 13.1. The van der Waals surface area contributed by atoms with Crippen LogP contribution in [0.25, 0.3) is 16.0 Å². The molecule has 0 radical (unpaired) electrons. The summed E-state index contributed by atoms with van der Waals surface area (Å²) in [7, 11) is 0. The summed E-state index contributed by atoms with van der Waals surface area (Å²) < 4.78 is 14.9. The molecule has 1 N–H and O–H groups in total. The zero-order valence-corrected chi connectivity index (χ0v) is 14.5. The van der Waals surface area contributed by atoms with E-state index in [4.69, 9.17) is 6.57 Å². The fraction of sp³-hybridized carbons (Fsp3) is 0.143. The molecule has 0 aliphatic carbocycles. The van der Waals surface area contributed by atoms with Crippen LogP contribution in [-0.2, 0) is 6.54 Å². The van der Waals surface area contributed by atoms with Crippen LogP contribution in [0.15, 0.2) is 48.5 Å². The first-order chi connectivity index (χ1) is 12.4. The molecule has 4 nitrogen and oxygen atoms in total. The maximum Gasteiger partial charge on any atom is 0.352 e. The van der Waals surface area contributed by atoms with E-state index in [1.165, 1.54) is 12.1 Å². The first-order valence-electron chi connectivity index (χ1n) is 8.07. The summed E-state index contributed by atoms with van der Waals surface area (Å²) in [6.07, 6.45) is 0. The van der Waals surface area contributed by atoms with Gasteiger partial charge in [0.05, 0.1) is 6.57 Å². The van der Waals surface area contributed by atoms with E-state index in [-0.39, 0.29) is 11.5 Å². The molecule has 130 valence electrons. The molecular formula is C21H17FN2O2. The van der Waals surface area contributed by atoms with Crippen LogP contribution in [-0.4, -0.2) is 15.6 Å². The summed E-state index contributed by atoms with van der Waals surface area (Å²) in [6.45, 7) is 11.1. The maximum absolute atomic E-state index is 13.1. The number of aromatic nitrogens is 1. The molecule has 0 saturated heterocycles. The number of carboxylic acids is 1. The standard InChI is InChI=1S/C21H17FN2O2/c1-13-19(16-6-10-18(23-3)11-7-16)14(2)24(20(13)21(25)26)12-15-4-8-17(22)9-5-15/h4-11H,12H2,1-2H3,(H,25,26). The van der Waals surface area contributed by atoms with E-state index in [9.17, 15) is 14.3 Å². The molecule has 0 atom stereocenters. The number of carbonyl (C=O) groups is 1. The molecule has 2 aromatic carbocycles. The van der Waals surface area contributed by atoms with Gasteiger partial charge in [-0.15, -0.1) is 0 Å². The van der Waals surface area contributed by atoms with Gasteiger partial charge in [-0.05, 0) is 42.7 Å². The average molecular weight is 348 g/mol. The predicted molar refractivity (Wildman–Crippen MR) is 98.1 cm³/mol. The minimum absolute atomic E-state index is 0.219. The molecule has 0 aliphatic rings. The minimum atomic E-state index is -1.00. The van der Waals surface area contributed by atoms with E-state index < -0.39 is 5.97 Å². The second-order valence-electron chi connectivity index (χ2n) is 6.11. The van der Waals surface area contributed by atoms with Crippen LogP contribution in [0.2, 0.25) is 0 Å². The summed E-state index contributed by atoms with van der Waals surface area (Å²) in [5.41, 5.74) is 4.78. The Labute approximate surface area is 151 Å². The van der Waals surface area contributed by atoms with Crippen LogP contribution in [0, 0.1) is 26.2 Å². The second kappa shape index (κ2) is 6.85. The lowest BCUT2D eigenvalue weighted by atomic mass is 10.0. The van der Waals surface area contributed by atoms with Gasteiger partial charge in [0.15, 0.2) is 5.69 Å². The van der Waals surface area contributed by atoms with Crippen molar-refractivity contribution < 1.29 is 14.3 Å². The third kappa shape index (κ3) is 3.09. The summed E-state index contributed by atoms with van der Waals surface area (Å²) in [5, 5.41) is 9.71. The molecule has 0 amide bonds. The van der Waals surface area contributed by atoms with Crippen molar-refractivity contribution in [3.8, 4) is 11.1 Å². The van der Waals surface area contributed by atoms with Crippen molar-refractivity contribution in [2.24, 2.45) is 0 Å². The lowest BCUT2D eigenvalue weighted by molar-refractivity contribution is 0.0684. The Hall–Kier alpha value is -3.39. The normalized spacial score (nSPS) is 10.5. The highest BCUT2D eigenvalue weighted by atomic mass is 19.1. The van der Waals surface area contributed by atoms with E-state index >= 15 is 0 Å². The molecule has 0 aliphatic heterocycles. The number of rotatable bonds is 4. The van der Waals surface area contributed by atoms with Gasteiger partial charge in [-0.25, -0.2) is 14.0 Å². The Morgan fingerprint density at radius 2 is 1.73 bits per heavy atom. The van der Waals surface area contributed by atoms with Gasteiger partial charge in [0.25, 0.3) is 0 Å². The molecule has 26 heavy (non-hydrogen) atoms. The van der Waals surface area contributed by atoms with Gasteiger partial charge in [-0.2, -0.15) is 0 Å². The molecule has 0 saturated carbocycles. The summed E-state index contributed by atoms with van der Waals surface area (Å²) in [5.74, 6) is -1.33. The monoisotopic (exact) mass is 348 g/mol. The second-order valence-corrected chi connectivity index (χ2v) is 6.11. The minimum Gasteiger partial charge on any atom is -0.477 e. The number of hydrogen-bond donors (Lipinski definition) is 1. The van der Waals surface area contributed by atoms with E-state index in [0.717, 1.165) is 22.4 Å². The number of aromatic carboxylic acids is 1. The van der Waals surface area contributed by atoms with Gasteiger partial charge in [-0.1, -0.05) is 36.4 Å². The van der Waals surface area contributed by atoms with Crippen LogP contribution in [0.4, 0.5) is 10.1 Å². The van der Waals surface area contributed by atoms with Crippen LogP contribution in [0.5, 0.6) is 0 Å². The fourth-order valence-electron chi connectivity index (χ4n) is 3.27. The van der Waals surface area contributed by atoms with Gasteiger partial charge < -0.3 is 9.67 Å². The summed E-state index contributed by atoms with van der Waals surface area (Å²) >= 11 is 0. The van der Waals surface area contributed by atoms with E-state index in [1.807, 2.05) is 19.1 Å². The van der Waals surface area contributed by atoms with Crippen molar-refractivity contribution in [3.05, 3.63) is 88.3 Å². The third-order valence-corrected chi connectivity index (χ3v) is 4.51. The molecular weight excluding hydrogens is 331 g/mol. The highest BCUT2D eigenvalue weighted by Gasteiger charge is 2.23. The van der Waals surface area contributed by atoms with Crippen LogP contribution in [0.3, 0.4) is 0 Å². The Bertz CT molecular complexity index is 1010. The van der Waals surface area contributed by atoms with Gasteiger partial charge in [0, 0.05) is 17.8 Å². The van der Waals surface area contributed by atoms with Crippen LogP contribution < -0.4 is 0 Å². The van der Waals surface area contributed by atoms with Crippen molar-refractivity contribution in [2.45, 2.75) is 20.4 Å². The topological polar surface area (TPSA) is 46.6 Å². The fourth-order valence-corrected chi connectivity index (χ4v) is 3.27. The smallest absolute Gasteiger partial charge is 0.352 e.